The van der Waals surface area contributed by atoms with Crippen molar-refractivity contribution in [3.05, 3.63) is 52.1 Å². The number of aromatic amines is 1. The first-order valence-electron chi connectivity index (χ1n) is 7.15. The third kappa shape index (κ3) is 2.48. The number of hydrogen-bond acceptors (Lipinski definition) is 4. The Bertz CT molecular complexity index is 858. The smallest absolute Gasteiger partial charge is 0.223 e. The number of nitrogens with one attached hydrogen (secondary N) is 1. The Balaban J connectivity index is 1.98. The van der Waals surface area contributed by atoms with Crippen LogP contribution in [0.15, 0.2) is 40.8 Å². The van der Waals surface area contributed by atoms with Gasteiger partial charge >= 0.3 is 0 Å². The molecule has 0 radical (unpaired) electrons. The first-order valence-corrected chi connectivity index (χ1v) is 8.03. The maximum atomic E-state index is 12.7. The van der Waals surface area contributed by atoms with Gasteiger partial charge in [-0.3, -0.25) is 9.79 Å². The van der Waals surface area contributed by atoms with Crippen molar-refractivity contribution in [1.82, 2.24) is 9.97 Å². The molecule has 0 aliphatic heterocycles. The molecule has 0 fully saturated rings. The number of thiazole rings is 1. The molecule has 0 unspecified atom stereocenters. The van der Waals surface area contributed by atoms with Gasteiger partial charge in [-0.15, -0.1) is 11.3 Å². The quantitative estimate of drug-likeness (QED) is 0.586. The summed E-state index contributed by atoms with van der Waals surface area (Å²) in [5, 5.41) is 3.34. The van der Waals surface area contributed by atoms with Crippen molar-refractivity contribution in [2.75, 3.05) is 7.05 Å². The molecule has 0 saturated heterocycles. The minimum absolute atomic E-state index is 0.0482. The third-order valence-electron chi connectivity index (χ3n) is 3.58. The van der Waals surface area contributed by atoms with Crippen LogP contribution in [0.3, 0.4) is 0 Å². The van der Waals surface area contributed by atoms with Crippen molar-refractivity contribution in [1.29, 1.82) is 0 Å². The highest BCUT2D eigenvalue weighted by Crippen LogP contribution is 2.23. The number of rotatable bonds is 4. The number of ketones is 1. The Kier molecular flexibility index (Phi) is 3.90. The third-order valence-corrected chi connectivity index (χ3v) is 4.42. The van der Waals surface area contributed by atoms with E-state index in [-0.39, 0.29) is 11.7 Å². The van der Waals surface area contributed by atoms with E-state index in [9.17, 15) is 4.79 Å². The summed E-state index contributed by atoms with van der Waals surface area (Å²) in [5.41, 5.74) is 3.34. The Morgan fingerprint density at radius 3 is 2.82 bits per heavy atom. The van der Waals surface area contributed by atoms with Crippen molar-refractivity contribution in [3.8, 4) is 0 Å². The molecule has 1 aromatic carbocycles. The Labute approximate surface area is 132 Å². The number of aromatic nitrogens is 2. The molecule has 0 saturated carbocycles. The number of hydrogen-bond donors (Lipinski definition) is 1. The van der Waals surface area contributed by atoms with Crippen LogP contribution in [0.5, 0.6) is 0 Å². The van der Waals surface area contributed by atoms with Gasteiger partial charge in [-0.25, -0.2) is 4.98 Å². The molecule has 0 spiro atoms. The molecule has 0 aliphatic rings. The van der Waals surface area contributed by atoms with Gasteiger partial charge in [0.15, 0.2) is 5.01 Å². The van der Waals surface area contributed by atoms with Crippen LogP contribution in [0.2, 0.25) is 0 Å². The molecule has 3 aromatic rings. The van der Waals surface area contributed by atoms with Crippen molar-refractivity contribution in [3.63, 3.8) is 0 Å². The highest BCUT2D eigenvalue weighted by Gasteiger charge is 2.19. The highest BCUT2D eigenvalue weighted by molar-refractivity contribution is 7.12. The maximum absolute atomic E-state index is 12.7. The van der Waals surface area contributed by atoms with E-state index >= 15 is 0 Å². The number of nitrogens with zero attached hydrogens (tertiary/aromatic N) is 2. The number of para-hydroxylation sites is 1. The number of aliphatic imine (C=N–C) groups is 1. The summed E-state index contributed by atoms with van der Waals surface area (Å²) in [6.45, 7) is 4.14. The lowest BCUT2D eigenvalue weighted by Crippen LogP contribution is -2.10. The van der Waals surface area contributed by atoms with Crippen LogP contribution in [0, 0.1) is 5.92 Å². The first kappa shape index (κ1) is 14.7. The van der Waals surface area contributed by atoms with Crippen molar-refractivity contribution >= 4 is 33.7 Å². The van der Waals surface area contributed by atoms with Gasteiger partial charge in [0, 0.05) is 29.5 Å². The molecule has 2 heterocycles. The second-order valence-corrected chi connectivity index (χ2v) is 6.24. The van der Waals surface area contributed by atoms with E-state index in [4.69, 9.17) is 0 Å². The lowest BCUT2D eigenvalue weighted by molar-refractivity contribution is 0.104. The Morgan fingerprint density at radius 2 is 2.09 bits per heavy atom. The van der Waals surface area contributed by atoms with E-state index in [0.717, 1.165) is 22.3 Å². The van der Waals surface area contributed by atoms with Gasteiger partial charge in [0.2, 0.25) is 5.78 Å². The van der Waals surface area contributed by atoms with E-state index in [2.05, 4.69) is 28.8 Å². The topological polar surface area (TPSA) is 58.1 Å². The SMILES string of the molecule is C/N=C(/c1csc(C(=O)c2c[nH]c3ccccc23)n1)C(C)C. The summed E-state index contributed by atoms with van der Waals surface area (Å²) in [5.74, 6) is 0.232. The van der Waals surface area contributed by atoms with Crippen LogP contribution in [-0.2, 0) is 0 Å². The van der Waals surface area contributed by atoms with Gasteiger partial charge in [-0.1, -0.05) is 32.0 Å². The zero-order valence-corrected chi connectivity index (χ0v) is 13.6. The Hall–Kier alpha value is -2.27. The number of carbonyl (C=O) groups is 1. The molecular weight excluding hydrogens is 294 g/mol. The van der Waals surface area contributed by atoms with E-state index in [1.165, 1.54) is 11.3 Å². The molecule has 5 heteroatoms. The molecule has 4 nitrogen and oxygen atoms in total. The molecule has 1 N–H and O–H groups in total. The van der Waals surface area contributed by atoms with Crippen LogP contribution in [0.25, 0.3) is 10.9 Å². The van der Waals surface area contributed by atoms with Crippen LogP contribution in [-0.4, -0.2) is 28.5 Å². The summed E-state index contributed by atoms with van der Waals surface area (Å²) in [4.78, 5) is 24.6. The van der Waals surface area contributed by atoms with E-state index in [1.54, 1.807) is 13.2 Å². The van der Waals surface area contributed by atoms with E-state index in [1.807, 2.05) is 29.6 Å². The van der Waals surface area contributed by atoms with Crippen molar-refractivity contribution in [2.24, 2.45) is 10.9 Å². The molecule has 3 rings (SSSR count). The molecule has 0 atom stereocenters. The van der Waals surface area contributed by atoms with Gasteiger partial charge in [0.1, 0.15) is 0 Å². The lowest BCUT2D eigenvalue weighted by Gasteiger charge is -2.05. The average Bonchev–Trinajstić information content (AvgIpc) is 3.14. The highest BCUT2D eigenvalue weighted by atomic mass is 32.1. The molecule has 0 amide bonds. The van der Waals surface area contributed by atoms with Crippen molar-refractivity contribution in [2.45, 2.75) is 13.8 Å². The molecule has 0 aliphatic carbocycles. The zero-order valence-electron chi connectivity index (χ0n) is 12.8. The van der Waals surface area contributed by atoms with Gasteiger partial charge < -0.3 is 4.98 Å². The van der Waals surface area contributed by atoms with Crippen LogP contribution < -0.4 is 0 Å². The molecule has 112 valence electrons. The number of fused-ring (bicyclic) bond motifs is 1. The Morgan fingerprint density at radius 1 is 1.32 bits per heavy atom. The predicted octanol–water partition coefficient (Wildman–Crippen LogP) is 3.93. The molecule has 0 bridgehead atoms. The zero-order chi connectivity index (χ0) is 15.7. The molecule has 2 aromatic heterocycles. The maximum Gasteiger partial charge on any atom is 0.223 e. The fourth-order valence-electron chi connectivity index (χ4n) is 2.54. The van der Waals surface area contributed by atoms with Gasteiger partial charge in [-0.05, 0) is 12.0 Å². The fourth-order valence-corrected chi connectivity index (χ4v) is 3.30. The summed E-state index contributed by atoms with van der Waals surface area (Å²) >= 11 is 1.37. The van der Waals surface area contributed by atoms with Crippen LogP contribution >= 0.6 is 11.3 Å². The summed E-state index contributed by atoms with van der Waals surface area (Å²) in [6, 6.07) is 7.78. The number of H-pyrrole nitrogens is 1. The largest absolute Gasteiger partial charge is 0.360 e. The standard InChI is InChI=1S/C17H17N3OS/c1-10(2)15(18-3)14-9-22-17(20-14)16(21)12-8-19-13-7-5-4-6-11(12)13/h4-10,19H,1-3H3/b18-15+. The van der Waals surface area contributed by atoms with Crippen LogP contribution in [0.1, 0.15) is 34.9 Å². The predicted molar refractivity (Wildman–Crippen MR) is 91.1 cm³/mol. The monoisotopic (exact) mass is 311 g/mol. The fraction of sp³-hybridized carbons (Fsp3) is 0.235. The van der Waals surface area contributed by atoms with Crippen molar-refractivity contribution < 1.29 is 4.79 Å². The van der Waals surface area contributed by atoms with E-state index in [0.29, 0.717) is 10.6 Å². The summed E-state index contributed by atoms with van der Waals surface area (Å²) in [7, 11) is 1.76. The van der Waals surface area contributed by atoms with Crippen LogP contribution in [0.4, 0.5) is 0 Å². The average molecular weight is 311 g/mol. The van der Waals surface area contributed by atoms with Gasteiger partial charge in [-0.2, -0.15) is 0 Å². The van der Waals surface area contributed by atoms with Gasteiger partial charge in [0.05, 0.1) is 17.0 Å². The summed E-state index contributed by atoms with van der Waals surface area (Å²) < 4.78 is 0. The minimum Gasteiger partial charge on any atom is -0.360 e. The lowest BCUT2D eigenvalue weighted by atomic mass is 10.1. The normalized spacial score (nSPS) is 12.3. The second-order valence-electron chi connectivity index (χ2n) is 5.38. The number of benzene rings is 1. The van der Waals surface area contributed by atoms with E-state index < -0.39 is 0 Å². The minimum atomic E-state index is -0.0482. The van der Waals surface area contributed by atoms with Gasteiger partial charge in [0.25, 0.3) is 0 Å². The second kappa shape index (κ2) is 5.85. The summed E-state index contributed by atoms with van der Waals surface area (Å²) in [6.07, 6.45) is 1.76. The molecule has 22 heavy (non-hydrogen) atoms. The number of carbonyl (C=O) groups excluding carboxylic acids is 1. The first-order chi connectivity index (χ1) is 10.6. The molecular formula is C17H17N3OS.